The first-order chi connectivity index (χ1) is 9.97. The number of halogens is 3. The Morgan fingerprint density at radius 2 is 1.90 bits per heavy atom. The molecule has 1 heterocycles. The smallest absolute Gasteiger partial charge is 0.228 e. The Morgan fingerprint density at radius 1 is 1.14 bits per heavy atom. The van der Waals surface area contributed by atoms with Crippen LogP contribution in [0.25, 0.3) is 11.0 Å². The first-order valence-electron chi connectivity index (χ1n) is 6.16. The molecule has 3 rings (SSSR count). The number of carbonyl (C=O) groups excluding carboxylic acids is 1. The Bertz CT molecular complexity index is 868. The van der Waals surface area contributed by atoms with Crippen molar-refractivity contribution in [1.82, 2.24) is 0 Å². The number of hydrogen-bond donors (Lipinski definition) is 0. The van der Waals surface area contributed by atoms with E-state index < -0.39 is 5.82 Å². The van der Waals surface area contributed by atoms with E-state index >= 15 is 0 Å². The highest BCUT2D eigenvalue weighted by molar-refractivity contribution is 9.10. The Labute approximate surface area is 137 Å². The monoisotopic (exact) mass is 410 g/mol. The SMILES string of the molecule is Cc1c(C(=O)c2ccc(F)c(Br)c2)oc2cc(Br)ccc12. The third kappa shape index (κ3) is 2.56. The van der Waals surface area contributed by atoms with Gasteiger partial charge in [-0.15, -0.1) is 0 Å². The summed E-state index contributed by atoms with van der Waals surface area (Å²) in [5, 5.41) is 0.891. The molecule has 0 atom stereocenters. The van der Waals surface area contributed by atoms with Gasteiger partial charge in [-0.2, -0.15) is 0 Å². The van der Waals surface area contributed by atoms with Crippen LogP contribution in [0, 0.1) is 12.7 Å². The van der Waals surface area contributed by atoms with Crippen molar-refractivity contribution in [3.8, 4) is 0 Å². The zero-order valence-corrected chi connectivity index (χ0v) is 14.1. The van der Waals surface area contributed by atoms with Crippen molar-refractivity contribution >= 4 is 48.6 Å². The van der Waals surface area contributed by atoms with E-state index in [1.165, 1.54) is 18.2 Å². The zero-order chi connectivity index (χ0) is 15.1. The van der Waals surface area contributed by atoms with Gasteiger partial charge in [0.2, 0.25) is 5.78 Å². The van der Waals surface area contributed by atoms with E-state index in [1.54, 1.807) is 0 Å². The normalized spacial score (nSPS) is 11.0. The van der Waals surface area contributed by atoms with E-state index in [4.69, 9.17) is 4.42 Å². The molecule has 0 bridgehead atoms. The van der Waals surface area contributed by atoms with Crippen LogP contribution in [0.4, 0.5) is 4.39 Å². The number of benzene rings is 2. The van der Waals surface area contributed by atoms with Gasteiger partial charge in [0.25, 0.3) is 0 Å². The number of hydrogen-bond acceptors (Lipinski definition) is 2. The lowest BCUT2D eigenvalue weighted by Gasteiger charge is -2.01. The third-order valence-corrected chi connectivity index (χ3v) is 4.39. The molecule has 0 unspecified atom stereocenters. The predicted octanol–water partition coefficient (Wildman–Crippen LogP) is 5.64. The molecule has 0 aliphatic carbocycles. The summed E-state index contributed by atoms with van der Waals surface area (Å²) in [7, 11) is 0. The standard InChI is InChI=1S/C16H9Br2FO2/c1-8-11-4-3-10(17)7-14(11)21-16(8)15(20)9-2-5-13(19)12(18)6-9/h2-7H,1H3. The first-order valence-corrected chi connectivity index (χ1v) is 7.74. The third-order valence-electron chi connectivity index (χ3n) is 3.29. The molecular weight excluding hydrogens is 403 g/mol. The van der Waals surface area contributed by atoms with Crippen molar-refractivity contribution in [2.24, 2.45) is 0 Å². The van der Waals surface area contributed by atoms with Gasteiger partial charge < -0.3 is 4.42 Å². The quantitative estimate of drug-likeness (QED) is 0.511. The summed E-state index contributed by atoms with van der Waals surface area (Å²) < 4.78 is 20.1. The molecule has 0 amide bonds. The molecule has 0 radical (unpaired) electrons. The minimum Gasteiger partial charge on any atom is -0.452 e. The molecule has 2 aromatic carbocycles. The van der Waals surface area contributed by atoms with Crippen LogP contribution >= 0.6 is 31.9 Å². The number of aryl methyl sites for hydroxylation is 1. The van der Waals surface area contributed by atoms with Crippen LogP contribution < -0.4 is 0 Å². The minimum absolute atomic E-state index is 0.254. The molecular formula is C16H9Br2FO2. The van der Waals surface area contributed by atoms with E-state index in [-0.39, 0.29) is 16.0 Å². The summed E-state index contributed by atoms with van der Waals surface area (Å²) in [6.07, 6.45) is 0. The van der Waals surface area contributed by atoms with Gasteiger partial charge in [0, 0.05) is 21.0 Å². The summed E-state index contributed by atoms with van der Waals surface area (Å²) in [4.78, 5) is 12.5. The predicted molar refractivity (Wildman–Crippen MR) is 86.2 cm³/mol. The van der Waals surface area contributed by atoms with Gasteiger partial charge in [0.1, 0.15) is 11.4 Å². The van der Waals surface area contributed by atoms with Crippen molar-refractivity contribution in [2.45, 2.75) is 6.92 Å². The first kappa shape index (κ1) is 14.5. The second-order valence-corrected chi connectivity index (χ2v) is 6.42. The molecule has 1 aromatic heterocycles. The van der Waals surface area contributed by atoms with Crippen LogP contribution in [0.1, 0.15) is 21.7 Å². The Kier molecular flexibility index (Phi) is 3.71. The highest BCUT2D eigenvalue weighted by Crippen LogP contribution is 2.30. The van der Waals surface area contributed by atoms with Gasteiger partial charge in [0.05, 0.1) is 4.47 Å². The van der Waals surface area contributed by atoms with Crippen LogP contribution in [0.5, 0.6) is 0 Å². The van der Waals surface area contributed by atoms with Gasteiger partial charge in [-0.05, 0) is 59.3 Å². The molecule has 21 heavy (non-hydrogen) atoms. The molecule has 2 nitrogen and oxygen atoms in total. The average molecular weight is 412 g/mol. The molecule has 0 aliphatic rings. The van der Waals surface area contributed by atoms with Crippen molar-refractivity contribution in [1.29, 1.82) is 0 Å². The van der Waals surface area contributed by atoms with E-state index in [2.05, 4.69) is 31.9 Å². The summed E-state index contributed by atoms with van der Waals surface area (Å²) in [5.41, 5.74) is 1.80. The zero-order valence-electron chi connectivity index (χ0n) is 10.9. The topological polar surface area (TPSA) is 30.2 Å². The van der Waals surface area contributed by atoms with Crippen LogP contribution in [-0.2, 0) is 0 Å². The Hall–Kier alpha value is -1.46. The van der Waals surface area contributed by atoms with Crippen molar-refractivity contribution in [3.05, 3.63) is 68.0 Å². The fourth-order valence-corrected chi connectivity index (χ4v) is 2.90. The lowest BCUT2D eigenvalue weighted by Crippen LogP contribution is -2.02. The second kappa shape index (κ2) is 5.39. The second-order valence-electron chi connectivity index (χ2n) is 4.65. The molecule has 106 valence electrons. The van der Waals surface area contributed by atoms with Crippen LogP contribution in [0.15, 0.2) is 49.8 Å². The van der Waals surface area contributed by atoms with Gasteiger partial charge in [-0.3, -0.25) is 4.79 Å². The minimum atomic E-state index is -0.406. The number of furan rings is 1. The fourth-order valence-electron chi connectivity index (χ4n) is 2.18. The van der Waals surface area contributed by atoms with Gasteiger partial charge in [0.15, 0.2) is 5.76 Å². The summed E-state index contributed by atoms with van der Waals surface area (Å²) in [6, 6.07) is 9.78. The highest BCUT2D eigenvalue weighted by Gasteiger charge is 2.20. The molecule has 3 aromatic rings. The number of ketones is 1. The average Bonchev–Trinajstić information content (AvgIpc) is 2.77. The van der Waals surface area contributed by atoms with Gasteiger partial charge in [-0.25, -0.2) is 4.39 Å². The van der Waals surface area contributed by atoms with Crippen LogP contribution in [0.3, 0.4) is 0 Å². The maximum Gasteiger partial charge on any atom is 0.228 e. The van der Waals surface area contributed by atoms with E-state index in [1.807, 2.05) is 25.1 Å². The fraction of sp³-hybridized carbons (Fsp3) is 0.0625. The van der Waals surface area contributed by atoms with Crippen LogP contribution in [-0.4, -0.2) is 5.78 Å². The molecule has 0 aliphatic heterocycles. The van der Waals surface area contributed by atoms with Gasteiger partial charge in [-0.1, -0.05) is 15.9 Å². The Morgan fingerprint density at radius 3 is 2.62 bits per heavy atom. The molecule has 0 fully saturated rings. The maximum absolute atomic E-state index is 13.3. The molecule has 0 saturated heterocycles. The lowest BCUT2D eigenvalue weighted by atomic mass is 10.0. The summed E-state index contributed by atoms with van der Waals surface area (Å²) >= 11 is 6.46. The number of rotatable bonds is 2. The lowest BCUT2D eigenvalue weighted by molar-refractivity contribution is 0.101. The Balaban J connectivity index is 2.13. The maximum atomic E-state index is 13.3. The summed E-state index contributed by atoms with van der Waals surface area (Å²) in [5.74, 6) is -0.390. The van der Waals surface area contributed by atoms with E-state index in [0.29, 0.717) is 11.1 Å². The molecule has 0 saturated carbocycles. The number of fused-ring (bicyclic) bond motifs is 1. The summed E-state index contributed by atoms with van der Waals surface area (Å²) in [6.45, 7) is 1.84. The van der Waals surface area contributed by atoms with Crippen molar-refractivity contribution < 1.29 is 13.6 Å². The highest BCUT2D eigenvalue weighted by atomic mass is 79.9. The molecule has 0 N–H and O–H groups in total. The van der Waals surface area contributed by atoms with Gasteiger partial charge >= 0.3 is 0 Å². The van der Waals surface area contributed by atoms with Crippen LogP contribution in [0.2, 0.25) is 0 Å². The largest absolute Gasteiger partial charge is 0.452 e. The molecule has 0 spiro atoms. The van der Waals surface area contributed by atoms with E-state index in [0.717, 1.165) is 15.4 Å². The molecule has 5 heteroatoms. The number of carbonyl (C=O) groups is 1. The van der Waals surface area contributed by atoms with Crippen molar-refractivity contribution in [2.75, 3.05) is 0 Å². The van der Waals surface area contributed by atoms with Crippen molar-refractivity contribution in [3.63, 3.8) is 0 Å². The van der Waals surface area contributed by atoms with E-state index in [9.17, 15) is 9.18 Å².